The van der Waals surface area contributed by atoms with Crippen molar-refractivity contribution in [3.63, 3.8) is 0 Å². The highest BCUT2D eigenvalue weighted by Gasteiger charge is 2.27. The molecule has 0 unspecified atom stereocenters. The van der Waals surface area contributed by atoms with Crippen LogP contribution >= 0.6 is 0 Å². The first-order valence-electron chi connectivity index (χ1n) is 9.32. The van der Waals surface area contributed by atoms with Gasteiger partial charge in [0.25, 0.3) is 11.6 Å². The van der Waals surface area contributed by atoms with Crippen molar-refractivity contribution < 1.29 is 24.0 Å². The molecule has 1 heterocycles. The van der Waals surface area contributed by atoms with Crippen molar-refractivity contribution in [2.75, 3.05) is 18.1 Å². The smallest absolute Gasteiger partial charge is 0.310 e. The van der Waals surface area contributed by atoms with Gasteiger partial charge in [0.1, 0.15) is 5.75 Å². The van der Waals surface area contributed by atoms with Crippen LogP contribution in [0.2, 0.25) is 0 Å². The number of hydrogen-bond acceptors (Lipinski definition) is 6. The van der Waals surface area contributed by atoms with Crippen LogP contribution in [0.1, 0.15) is 25.0 Å². The van der Waals surface area contributed by atoms with Gasteiger partial charge in [-0.3, -0.25) is 19.7 Å². The number of rotatable bonds is 7. The molecule has 152 valence electrons. The number of non-ortho nitro benzene ring substituents is 1. The normalized spacial score (nSPS) is 12.6. The Morgan fingerprint density at radius 2 is 2.00 bits per heavy atom. The summed E-state index contributed by atoms with van der Waals surface area (Å²) in [5.74, 6) is -0.199. The Kier molecular flexibility index (Phi) is 6.11. The molecule has 8 heteroatoms. The third-order valence-corrected chi connectivity index (χ3v) is 4.45. The first kappa shape index (κ1) is 20.3. The molecule has 0 aliphatic carbocycles. The lowest BCUT2D eigenvalue weighted by Crippen LogP contribution is -2.33. The average Bonchev–Trinajstić information content (AvgIpc) is 3.09. The summed E-state index contributed by atoms with van der Waals surface area (Å²) in [6, 6.07) is 11.6. The summed E-state index contributed by atoms with van der Waals surface area (Å²) in [6.45, 7) is 3.86. The Labute approximate surface area is 168 Å². The minimum atomic E-state index is -0.511. The predicted octanol–water partition coefficient (Wildman–Crippen LogP) is 3.06. The van der Waals surface area contributed by atoms with Crippen molar-refractivity contribution in [1.82, 2.24) is 0 Å². The van der Waals surface area contributed by atoms with Gasteiger partial charge in [0, 0.05) is 24.4 Å². The van der Waals surface area contributed by atoms with Gasteiger partial charge in [0.2, 0.25) is 0 Å². The van der Waals surface area contributed by atoms with Crippen LogP contribution < -0.4 is 9.64 Å². The van der Waals surface area contributed by atoms with Crippen LogP contribution in [0.3, 0.4) is 0 Å². The molecular formula is C21H22N2O6. The summed E-state index contributed by atoms with van der Waals surface area (Å²) in [7, 11) is 0. The summed E-state index contributed by atoms with van der Waals surface area (Å²) in [4.78, 5) is 36.5. The quantitative estimate of drug-likeness (QED) is 0.404. The lowest BCUT2D eigenvalue weighted by atomic mass is 10.1. The maximum atomic E-state index is 12.5. The van der Waals surface area contributed by atoms with Crippen molar-refractivity contribution in [3.05, 3.63) is 63.7 Å². The zero-order valence-electron chi connectivity index (χ0n) is 16.3. The highest BCUT2D eigenvalue weighted by atomic mass is 16.6. The zero-order valence-corrected chi connectivity index (χ0v) is 16.3. The molecule has 8 nitrogen and oxygen atoms in total. The summed E-state index contributed by atoms with van der Waals surface area (Å²) in [6.07, 6.45) is 0.588. The molecule has 2 aromatic rings. The number of nitro benzene ring substituents is 1. The first-order chi connectivity index (χ1) is 13.8. The molecule has 1 aliphatic heterocycles. The van der Waals surface area contributed by atoms with E-state index in [1.807, 2.05) is 19.9 Å². The van der Waals surface area contributed by atoms with Crippen LogP contribution in [0.15, 0.2) is 42.5 Å². The molecule has 1 aliphatic rings. The van der Waals surface area contributed by atoms with E-state index < -0.39 is 10.9 Å². The molecule has 1 amide bonds. The number of hydrogen-bond donors (Lipinski definition) is 0. The van der Waals surface area contributed by atoms with E-state index in [0.717, 1.165) is 11.1 Å². The second-order valence-electron chi connectivity index (χ2n) is 7.02. The van der Waals surface area contributed by atoms with Crippen molar-refractivity contribution >= 4 is 23.3 Å². The average molecular weight is 398 g/mol. The number of nitrogens with zero attached hydrogens (tertiary/aromatic N) is 2. The fraction of sp³-hybridized carbons (Fsp3) is 0.333. The number of fused-ring (bicyclic) bond motifs is 1. The number of esters is 1. The molecule has 0 saturated heterocycles. The Balaban J connectivity index is 1.55. The van der Waals surface area contributed by atoms with E-state index in [-0.39, 0.29) is 30.7 Å². The fourth-order valence-corrected chi connectivity index (χ4v) is 3.20. The molecule has 29 heavy (non-hydrogen) atoms. The molecule has 0 radical (unpaired) electrons. The second kappa shape index (κ2) is 8.72. The van der Waals surface area contributed by atoms with Crippen LogP contribution in [0, 0.1) is 10.1 Å². The first-order valence-corrected chi connectivity index (χ1v) is 9.32. The highest BCUT2D eigenvalue weighted by molar-refractivity contribution is 5.97. The van der Waals surface area contributed by atoms with E-state index in [4.69, 9.17) is 9.47 Å². The van der Waals surface area contributed by atoms with Gasteiger partial charge < -0.3 is 14.4 Å². The van der Waals surface area contributed by atoms with Crippen LogP contribution in [0.25, 0.3) is 0 Å². The number of anilines is 1. The second-order valence-corrected chi connectivity index (χ2v) is 7.02. The molecule has 0 bridgehead atoms. The molecule has 2 aromatic carbocycles. The lowest BCUT2D eigenvalue weighted by Gasteiger charge is -2.17. The van der Waals surface area contributed by atoms with E-state index in [9.17, 15) is 19.7 Å². The van der Waals surface area contributed by atoms with Gasteiger partial charge in [-0.05, 0) is 49.6 Å². The monoisotopic (exact) mass is 398 g/mol. The van der Waals surface area contributed by atoms with E-state index in [0.29, 0.717) is 24.4 Å². The maximum absolute atomic E-state index is 12.5. The summed E-state index contributed by atoms with van der Waals surface area (Å²) >= 11 is 0. The van der Waals surface area contributed by atoms with Gasteiger partial charge in [-0.15, -0.1) is 0 Å². The Hall–Kier alpha value is -3.42. The van der Waals surface area contributed by atoms with Crippen molar-refractivity contribution in [3.8, 4) is 5.75 Å². The van der Waals surface area contributed by atoms with Crippen LogP contribution in [-0.4, -0.2) is 36.1 Å². The van der Waals surface area contributed by atoms with Gasteiger partial charge in [0.05, 0.1) is 17.4 Å². The maximum Gasteiger partial charge on any atom is 0.310 e. The van der Waals surface area contributed by atoms with Crippen molar-refractivity contribution in [2.24, 2.45) is 0 Å². The molecule has 0 saturated carbocycles. The minimum Gasteiger partial charge on any atom is -0.491 e. The molecule has 0 spiro atoms. The Bertz CT molecular complexity index is 941. The van der Waals surface area contributed by atoms with Crippen molar-refractivity contribution in [1.29, 1.82) is 0 Å². The summed E-state index contributed by atoms with van der Waals surface area (Å²) in [5, 5.41) is 10.9. The standard InChI is InChI=1S/C21H22N2O6/c1-14(2)29-18-5-3-4-15(10-18)11-21(25)28-13-20(24)22-9-8-16-12-17(23(26)27)6-7-19(16)22/h3-7,10,12,14H,8-9,11,13H2,1-2H3. The van der Waals surface area contributed by atoms with E-state index in [1.54, 1.807) is 24.3 Å². The van der Waals surface area contributed by atoms with Gasteiger partial charge in [-0.2, -0.15) is 0 Å². The lowest BCUT2D eigenvalue weighted by molar-refractivity contribution is -0.384. The summed E-state index contributed by atoms with van der Waals surface area (Å²) in [5.41, 5.74) is 2.09. The SMILES string of the molecule is CC(C)Oc1cccc(CC(=O)OCC(=O)N2CCc3cc([N+](=O)[O-])ccc32)c1. The zero-order chi connectivity index (χ0) is 21.0. The molecule has 0 aromatic heterocycles. The van der Waals surface area contributed by atoms with Gasteiger partial charge >= 0.3 is 5.97 Å². The topological polar surface area (TPSA) is 99.0 Å². The summed E-state index contributed by atoms with van der Waals surface area (Å²) < 4.78 is 10.7. The van der Waals surface area contributed by atoms with E-state index in [2.05, 4.69) is 0 Å². The number of nitro groups is 1. The number of benzene rings is 2. The van der Waals surface area contributed by atoms with Gasteiger partial charge in [-0.25, -0.2) is 0 Å². The predicted molar refractivity (Wildman–Crippen MR) is 106 cm³/mol. The molecule has 0 fully saturated rings. The van der Waals surface area contributed by atoms with Crippen molar-refractivity contribution in [2.45, 2.75) is 32.8 Å². The van der Waals surface area contributed by atoms with E-state index in [1.165, 1.54) is 17.0 Å². The molecule has 3 rings (SSSR count). The van der Waals surface area contributed by atoms with E-state index >= 15 is 0 Å². The van der Waals surface area contributed by atoms with Crippen LogP contribution in [0.4, 0.5) is 11.4 Å². The Morgan fingerprint density at radius 3 is 2.72 bits per heavy atom. The Morgan fingerprint density at radius 1 is 1.21 bits per heavy atom. The molecule has 0 atom stereocenters. The third kappa shape index (κ3) is 5.10. The molecule has 0 N–H and O–H groups in total. The van der Waals surface area contributed by atoms with Crippen LogP contribution in [-0.2, 0) is 27.2 Å². The number of carbonyl (C=O) groups excluding carboxylic acids is 2. The highest BCUT2D eigenvalue weighted by Crippen LogP contribution is 2.31. The number of ether oxygens (including phenoxy) is 2. The fourth-order valence-electron chi connectivity index (χ4n) is 3.20. The van der Waals surface area contributed by atoms with Crippen LogP contribution in [0.5, 0.6) is 5.75 Å². The van der Waals surface area contributed by atoms with Gasteiger partial charge in [0.15, 0.2) is 6.61 Å². The van der Waals surface area contributed by atoms with Gasteiger partial charge in [-0.1, -0.05) is 12.1 Å². The number of carbonyl (C=O) groups is 2. The number of amides is 1. The third-order valence-electron chi connectivity index (χ3n) is 4.45. The molecular weight excluding hydrogens is 376 g/mol. The minimum absolute atomic E-state index is 0.00634. The largest absolute Gasteiger partial charge is 0.491 e.